The van der Waals surface area contributed by atoms with Gasteiger partial charge in [0.2, 0.25) is 12.5 Å². The summed E-state index contributed by atoms with van der Waals surface area (Å²) in [5.41, 5.74) is 7.16. The van der Waals surface area contributed by atoms with Gasteiger partial charge in [0, 0.05) is 12.0 Å². The van der Waals surface area contributed by atoms with Crippen LogP contribution in [0.15, 0.2) is 18.2 Å². The van der Waals surface area contributed by atoms with E-state index in [1.54, 1.807) is 7.11 Å². The number of Topliss-reactive ketones (excluding diaryl/α,β-unsaturated/α-hetero) is 1. The Morgan fingerprint density at radius 1 is 1.14 bits per heavy atom. The summed E-state index contributed by atoms with van der Waals surface area (Å²) < 4.78 is 18.1. The molecular formula is C30H40INO4. The summed E-state index contributed by atoms with van der Waals surface area (Å²) in [4.78, 5) is 14.2. The summed E-state index contributed by atoms with van der Waals surface area (Å²) in [7, 11) is 6.14. The average Bonchev–Trinajstić information content (AvgIpc) is 3.37. The Labute approximate surface area is 233 Å². The zero-order valence-electron chi connectivity index (χ0n) is 23.0. The fraction of sp³-hybridized carbons (Fsp3) is 0.567. The second-order valence-electron chi connectivity index (χ2n) is 12.8. The van der Waals surface area contributed by atoms with Gasteiger partial charge in [-0.2, -0.15) is 0 Å². The number of ketones is 1. The number of methoxy groups -OCH3 is 1. The van der Waals surface area contributed by atoms with Crippen LogP contribution < -0.4 is 38.2 Å². The molecule has 0 N–H and O–H groups in total. The highest BCUT2D eigenvalue weighted by Crippen LogP contribution is 2.52. The molecule has 0 saturated heterocycles. The first-order chi connectivity index (χ1) is 16.3. The zero-order valence-corrected chi connectivity index (χ0v) is 25.2. The van der Waals surface area contributed by atoms with E-state index in [0.717, 1.165) is 52.9 Å². The molecule has 3 aliphatic rings. The second-order valence-corrected chi connectivity index (χ2v) is 12.8. The maximum atomic E-state index is 14.2. The summed E-state index contributed by atoms with van der Waals surface area (Å²) in [5, 5.41) is 0. The third-order valence-electron chi connectivity index (χ3n) is 8.61. The standard InChI is InChI=1S/C30H40NO4.HI/c1-29(2,3)19-14-21(20-9-11-30(4,5)22(20)15-19)24(32)16-23-26-18(10-12-31(23,6)7)13-25-27(28(26)33-8)35-17-34-25;/h13-15,23H,9-12,16-17H2,1-8H3;1H/q+1;/p-1. The van der Waals surface area contributed by atoms with Crippen LogP contribution in [0.2, 0.25) is 0 Å². The van der Waals surface area contributed by atoms with Crippen molar-refractivity contribution >= 4 is 5.78 Å². The predicted molar refractivity (Wildman–Crippen MR) is 138 cm³/mol. The summed E-state index contributed by atoms with van der Waals surface area (Å²) in [5.74, 6) is 2.38. The Hall–Kier alpha value is -1.80. The highest BCUT2D eigenvalue weighted by atomic mass is 127. The highest BCUT2D eigenvalue weighted by Gasteiger charge is 2.43. The first kappa shape index (κ1) is 27.2. The number of carbonyl (C=O) groups excluding carboxylic acids is 1. The minimum Gasteiger partial charge on any atom is -1.00 e. The minimum atomic E-state index is -0.0172. The van der Waals surface area contributed by atoms with Crippen molar-refractivity contribution < 1.29 is 47.5 Å². The van der Waals surface area contributed by atoms with Gasteiger partial charge in [-0.15, -0.1) is 0 Å². The number of halogens is 1. The lowest BCUT2D eigenvalue weighted by atomic mass is 9.78. The minimum absolute atomic E-state index is 0. The van der Waals surface area contributed by atoms with E-state index in [9.17, 15) is 4.79 Å². The SMILES string of the molecule is COc1c2c(cc3c1C(CC(=O)c1cc(C(C)(C)C)cc4c1CCC4(C)C)[N+](C)(C)CC3)OCO2.[I-]. The lowest BCUT2D eigenvalue weighted by Crippen LogP contribution is -3.00. The van der Waals surface area contributed by atoms with Gasteiger partial charge in [-0.3, -0.25) is 4.79 Å². The van der Waals surface area contributed by atoms with Gasteiger partial charge in [-0.05, 0) is 58.1 Å². The van der Waals surface area contributed by atoms with E-state index in [4.69, 9.17) is 14.2 Å². The lowest BCUT2D eigenvalue weighted by molar-refractivity contribution is -0.922. The van der Waals surface area contributed by atoms with Crippen LogP contribution in [0.5, 0.6) is 17.2 Å². The van der Waals surface area contributed by atoms with E-state index < -0.39 is 0 Å². The predicted octanol–water partition coefficient (Wildman–Crippen LogP) is 2.90. The summed E-state index contributed by atoms with van der Waals surface area (Å²) in [6.07, 6.45) is 3.41. The van der Waals surface area contributed by atoms with Gasteiger partial charge in [0.1, 0.15) is 6.04 Å². The molecule has 1 unspecified atom stereocenters. The monoisotopic (exact) mass is 605 g/mol. The van der Waals surface area contributed by atoms with Crippen LogP contribution >= 0.6 is 0 Å². The van der Waals surface area contributed by atoms with Gasteiger partial charge in [-0.1, -0.05) is 40.7 Å². The molecule has 0 fully saturated rings. The molecule has 0 spiro atoms. The number of nitrogens with zero attached hydrogens (tertiary/aromatic N) is 1. The number of ether oxygens (including phenoxy) is 3. The van der Waals surface area contributed by atoms with Gasteiger partial charge < -0.3 is 42.7 Å². The van der Waals surface area contributed by atoms with Crippen molar-refractivity contribution in [3.63, 3.8) is 0 Å². The van der Waals surface area contributed by atoms with Crippen LogP contribution in [0.4, 0.5) is 0 Å². The third kappa shape index (κ3) is 4.42. The topological polar surface area (TPSA) is 44.8 Å². The number of rotatable bonds is 4. The van der Waals surface area contributed by atoms with Gasteiger partial charge >= 0.3 is 0 Å². The van der Waals surface area contributed by atoms with Gasteiger partial charge in [0.05, 0.1) is 39.7 Å². The molecule has 0 saturated carbocycles. The Kier molecular flexibility index (Phi) is 6.95. The van der Waals surface area contributed by atoms with E-state index in [1.807, 2.05) is 0 Å². The summed E-state index contributed by atoms with van der Waals surface area (Å²) in [6.45, 7) is 12.5. The van der Waals surface area contributed by atoms with Crippen LogP contribution in [0.3, 0.4) is 0 Å². The van der Waals surface area contributed by atoms with Crippen molar-refractivity contribution in [2.24, 2.45) is 0 Å². The largest absolute Gasteiger partial charge is 1.00 e. The van der Waals surface area contributed by atoms with E-state index in [-0.39, 0.29) is 53.4 Å². The molecule has 2 aliphatic heterocycles. The number of hydrogen-bond donors (Lipinski definition) is 0. The normalized spacial score (nSPS) is 20.8. The van der Waals surface area contributed by atoms with Crippen LogP contribution in [-0.2, 0) is 23.7 Å². The highest BCUT2D eigenvalue weighted by molar-refractivity contribution is 5.99. The first-order valence-electron chi connectivity index (χ1n) is 12.9. The lowest BCUT2D eigenvalue weighted by Gasteiger charge is -2.43. The quantitative estimate of drug-likeness (QED) is 0.306. The van der Waals surface area contributed by atoms with Crippen LogP contribution in [0.1, 0.15) is 91.7 Å². The molecule has 2 aromatic carbocycles. The van der Waals surface area contributed by atoms with E-state index in [1.165, 1.54) is 22.3 Å². The number of likely N-dealkylation sites (N-methyl/N-ethyl adjacent to an activating group) is 1. The molecular weight excluding hydrogens is 565 g/mol. The van der Waals surface area contributed by atoms with Gasteiger partial charge in [-0.25, -0.2) is 0 Å². The van der Waals surface area contributed by atoms with E-state index >= 15 is 0 Å². The summed E-state index contributed by atoms with van der Waals surface area (Å²) in [6, 6.07) is 6.62. The van der Waals surface area contributed by atoms with Gasteiger partial charge in [0.15, 0.2) is 17.3 Å². The Morgan fingerprint density at radius 3 is 2.53 bits per heavy atom. The van der Waals surface area contributed by atoms with Crippen molar-refractivity contribution in [1.29, 1.82) is 0 Å². The maximum Gasteiger partial charge on any atom is 0.231 e. The fourth-order valence-corrected chi connectivity index (χ4v) is 6.20. The van der Waals surface area contributed by atoms with Crippen LogP contribution in [0, 0.1) is 0 Å². The number of carbonyl (C=O) groups is 1. The molecule has 1 aliphatic carbocycles. The molecule has 1 atom stereocenters. The summed E-state index contributed by atoms with van der Waals surface area (Å²) >= 11 is 0. The van der Waals surface area contributed by atoms with Gasteiger partial charge in [0.25, 0.3) is 0 Å². The Balaban J connectivity index is 0.00000304. The van der Waals surface area contributed by atoms with Crippen molar-refractivity contribution in [3.05, 3.63) is 51.6 Å². The van der Waals surface area contributed by atoms with Crippen molar-refractivity contribution in [1.82, 2.24) is 0 Å². The van der Waals surface area contributed by atoms with Crippen molar-refractivity contribution in [2.45, 2.75) is 77.2 Å². The smallest absolute Gasteiger partial charge is 0.231 e. The number of hydrogen-bond acceptors (Lipinski definition) is 4. The second kappa shape index (κ2) is 9.19. The Morgan fingerprint density at radius 2 is 1.86 bits per heavy atom. The van der Waals surface area contributed by atoms with Crippen molar-refractivity contribution in [3.8, 4) is 17.2 Å². The average molecular weight is 606 g/mol. The third-order valence-corrected chi connectivity index (χ3v) is 8.61. The first-order valence-corrected chi connectivity index (χ1v) is 12.9. The van der Waals surface area contributed by atoms with E-state index in [0.29, 0.717) is 12.2 Å². The molecule has 5 nitrogen and oxygen atoms in total. The zero-order chi connectivity index (χ0) is 25.3. The number of fused-ring (bicyclic) bond motifs is 3. The molecule has 0 amide bonds. The van der Waals surface area contributed by atoms with E-state index in [2.05, 4.69) is 66.9 Å². The molecule has 36 heavy (non-hydrogen) atoms. The number of benzene rings is 2. The fourth-order valence-electron chi connectivity index (χ4n) is 6.20. The maximum absolute atomic E-state index is 14.2. The Bertz CT molecular complexity index is 1210. The molecule has 2 heterocycles. The van der Waals surface area contributed by atoms with Crippen LogP contribution in [0.25, 0.3) is 0 Å². The molecule has 2 aromatic rings. The molecule has 196 valence electrons. The molecule has 5 rings (SSSR count). The molecule has 6 heteroatoms. The molecule has 0 aromatic heterocycles. The van der Waals surface area contributed by atoms with Crippen LogP contribution in [-0.4, -0.2) is 44.8 Å². The molecule has 0 bridgehead atoms. The van der Waals surface area contributed by atoms with Crippen molar-refractivity contribution in [2.75, 3.05) is 34.5 Å². The molecule has 0 radical (unpaired) electrons. The number of quaternary nitrogens is 1.